The van der Waals surface area contributed by atoms with Gasteiger partial charge in [0.2, 0.25) is 0 Å². The maximum atomic E-state index is 2.73. The van der Waals surface area contributed by atoms with Crippen molar-refractivity contribution in [1.29, 1.82) is 0 Å². The SMILES string of the molecule is C[C@H]1C(c2ccc3c(c2)c2ccccc2n3-c2cccc3c2c2c(n3-c3ccccc3)C=CCC2)=CCC2C1c1ccccc1N2C1=CC=C(C2=CC=CCC2)CC1. The number of allylic oxidation sites excluding steroid dienone is 10. The van der Waals surface area contributed by atoms with Crippen molar-refractivity contribution in [3.05, 3.63) is 197 Å². The van der Waals surface area contributed by atoms with Crippen molar-refractivity contribution in [1.82, 2.24) is 9.13 Å². The zero-order chi connectivity index (χ0) is 38.3. The molecule has 0 saturated carbocycles. The molecule has 0 saturated heterocycles. The van der Waals surface area contributed by atoms with Crippen LogP contribution in [0.25, 0.3) is 55.7 Å². The lowest BCUT2D eigenvalue weighted by Crippen LogP contribution is -2.37. The summed E-state index contributed by atoms with van der Waals surface area (Å²) in [7, 11) is 0. The van der Waals surface area contributed by atoms with E-state index in [1.165, 1.54) is 101 Å². The Labute approximate surface area is 340 Å². The third kappa shape index (κ3) is 5.05. The average molecular weight is 750 g/mol. The summed E-state index contributed by atoms with van der Waals surface area (Å²) in [6.45, 7) is 2.49. The van der Waals surface area contributed by atoms with E-state index in [1.807, 2.05) is 0 Å². The molecule has 58 heavy (non-hydrogen) atoms. The fourth-order valence-corrected chi connectivity index (χ4v) is 11.5. The zero-order valence-corrected chi connectivity index (χ0v) is 33.1. The van der Waals surface area contributed by atoms with E-state index in [-0.39, 0.29) is 0 Å². The Morgan fingerprint density at radius 1 is 0.603 bits per heavy atom. The van der Waals surface area contributed by atoms with Gasteiger partial charge >= 0.3 is 0 Å². The molecule has 4 aliphatic carbocycles. The van der Waals surface area contributed by atoms with Gasteiger partial charge < -0.3 is 14.0 Å². The number of nitrogens with zero attached hydrogens (tertiary/aromatic N) is 3. The molecule has 0 radical (unpaired) electrons. The van der Waals surface area contributed by atoms with E-state index in [0.29, 0.717) is 17.9 Å². The maximum absolute atomic E-state index is 2.73. The minimum Gasteiger partial charge on any atom is -0.341 e. The predicted octanol–water partition coefficient (Wildman–Crippen LogP) is 14.0. The van der Waals surface area contributed by atoms with Crippen molar-refractivity contribution in [3.63, 3.8) is 0 Å². The normalized spacial score (nSPS) is 21.1. The van der Waals surface area contributed by atoms with Gasteiger partial charge in [-0.05, 0) is 145 Å². The molecule has 7 aromatic rings. The highest BCUT2D eigenvalue weighted by Gasteiger charge is 2.45. The number of para-hydroxylation sites is 3. The molecule has 5 aliphatic rings. The van der Waals surface area contributed by atoms with Crippen LogP contribution in [0, 0.1) is 5.92 Å². The van der Waals surface area contributed by atoms with Gasteiger partial charge in [-0.3, -0.25) is 0 Å². The monoisotopic (exact) mass is 749 g/mol. The van der Waals surface area contributed by atoms with Crippen LogP contribution < -0.4 is 4.90 Å². The molecule has 0 bridgehead atoms. The summed E-state index contributed by atoms with van der Waals surface area (Å²) >= 11 is 0. The molecule has 0 N–H and O–H groups in total. The molecule has 3 heterocycles. The van der Waals surface area contributed by atoms with E-state index >= 15 is 0 Å². The van der Waals surface area contributed by atoms with Crippen LogP contribution in [0.5, 0.6) is 0 Å². The average Bonchev–Trinajstić information content (AvgIpc) is 3.93. The number of fused-ring (bicyclic) bond motifs is 9. The van der Waals surface area contributed by atoms with E-state index in [9.17, 15) is 0 Å². The molecule has 1 aliphatic heterocycles. The number of rotatable bonds is 5. The van der Waals surface area contributed by atoms with E-state index in [2.05, 4.69) is 185 Å². The van der Waals surface area contributed by atoms with E-state index in [1.54, 1.807) is 0 Å². The third-order valence-corrected chi connectivity index (χ3v) is 14.0. The Bertz CT molecular complexity index is 3010. The quantitative estimate of drug-likeness (QED) is 0.171. The van der Waals surface area contributed by atoms with Crippen LogP contribution in [0.2, 0.25) is 0 Å². The van der Waals surface area contributed by atoms with Crippen LogP contribution in [0.3, 0.4) is 0 Å². The predicted molar refractivity (Wildman–Crippen MR) is 244 cm³/mol. The molecule has 3 heteroatoms. The first-order valence-corrected chi connectivity index (χ1v) is 21.5. The molecule has 0 spiro atoms. The number of benzene rings is 5. The molecular formula is C55H47N3. The minimum atomic E-state index is 0.385. The molecule has 0 amide bonds. The highest BCUT2D eigenvalue weighted by molar-refractivity contribution is 6.12. The van der Waals surface area contributed by atoms with Gasteiger partial charge in [-0.2, -0.15) is 0 Å². The lowest BCUT2D eigenvalue weighted by Gasteiger charge is -2.38. The summed E-state index contributed by atoms with van der Waals surface area (Å²) < 4.78 is 5.01. The fourth-order valence-electron chi connectivity index (χ4n) is 11.5. The van der Waals surface area contributed by atoms with Crippen molar-refractivity contribution >= 4 is 50.0 Å². The van der Waals surface area contributed by atoms with Gasteiger partial charge in [-0.1, -0.05) is 110 Å². The van der Waals surface area contributed by atoms with Gasteiger partial charge in [0.1, 0.15) is 0 Å². The lowest BCUT2D eigenvalue weighted by atomic mass is 9.72. The van der Waals surface area contributed by atoms with Crippen LogP contribution >= 0.6 is 0 Å². The van der Waals surface area contributed by atoms with E-state index < -0.39 is 0 Å². The smallest absolute Gasteiger partial charge is 0.0559 e. The molecule has 3 nitrogen and oxygen atoms in total. The minimum absolute atomic E-state index is 0.385. The van der Waals surface area contributed by atoms with Crippen molar-refractivity contribution in [2.24, 2.45) is 5.92 Å². The van der Waals surface area contributed by atoms with Crippen molar-refractivity contribution < 1.29 is 0 Å². The van der Waals surface area contributed by atoms with Gasteiger partial charge in [-0.15, -0.1) is 0 Å². The molecular weight excluding hydrogens is 703 g/mol. The fraction of sp³-hybridized carbons (Fsp3) is 0.200. The Hall–Kier alpha value is -6.32. The van der Waals surface area contributed by atoms with Crippen molar-refractivity contribution in [2.45, 2.75) is 63.8 Å². The first kappa shape index (κ1) is 33.8. The molecule has 12 rings (SSSR count). The number of hydrogen-bond donors (Lipinski definition) is 0. The topological polar surface area (TPSA) is 13.1 Å². The summed E-state index contributed by atoms with van der Waals surface area (Å²) in [5.41, 5.74) is 19.3. The van der Waals surface area contributed by atoms with Gasteiger partial charge in [0, 0.05) is 50.9 Å². The summed E-state index contributed by atoms with van der Waals surface area (Å²) in [4.78, 5) is 2.73. The second-order valence-corrected chi connectivity index (χ2v) is 16.9. The van der Waals surface area contributed by atoms with E-state index in [4.69, 9.17) is 0 Å². The summed E-state index contributed by atoms with van der Waals surface area (Å²) in [6, 6.07) is 43.8. The molecule has 0 fully saturated rings. The number of aryl methyl sites for hydroxylation is 1. The second-order valence-electron chi connectivity index (χ2n) is 16.9. The second kappa shape index (κ2) is 13.4. The van der Waals surface area contributed by atoms with Crippen molar-refractivity contribution in [3.8, 4) is 11.4 Å². The van der Waals surface area contributed by atoms with Gasteiger partial charge in [0.15, 0.2) is 0 Å². The Kier molecular flexibility index (Phi) is 7.80. The van der Waals surface area contributed by atoms with Crippen LogP contribution in [-0.2, 0) is 6.42 Å². The van der Waals surface area contributed by atoms with Crippen LogP contribution in [0.1, 0.15) is 73.8 Å². The maximum Gasteiger partial charge on any atom is 0.0559 e. The number of anilines is 1. The highest BCUT2D eigenvalue weighted by Crippen LogP contribution is 2.54. The van der Waals surface area contributed by atoms with Gasteiger partial charge in [0.05, 0.1) is 22.2 Å². The molecule has 2 aromatic heterocycles. The highest BCUT2D eigenvalue weighted by atomic mass is 15.2. The largest absolute Gasteiger partial charge is 0.341 e. The Balaban J connectivity index is 0.961. The van der Waals surface area contributed by atoms with Gasteiger partial charge in [-0.25, -0.2) is 0 Å². The lowest BCUT2D eigenvalue weighted by molar-refractivity contribution is 0.454. The van der Waals surface area contributed by atoms with Crippen molar-refractivity contribution in [2.75, 3.05) is 4.90 Å². The van der Waals surface area contributed by atoms with Crippen LogP contribution in [-0.4, -0.2) is 15.2 Å². The molecule has 3 atom stereocenters. The summed E-state index contributed by atoms with van der Waals surface area (Å²) in [5.74, 6) is 0.827. The first-order chi connectivity index (χ1) is 28.7. The number of hydrogen-bond acceptors (Lipinski definition) is 1. The molecule has 282 valence electrons. The van der Waals surface area contributed by atoms with Gasteiger partial charge in [0.25, 0.3) is 0 Å². The first-order valence-electron chi connectivity index (χ1n) is 21.5. The van der Waals surface area contributed by atoms with Crippen LogP contribution in [0.15, 0.2) is 175 Å². The Morgan fingerprint density at radius 2 is 1.40 bits per heavy atom. The zero-order valence-electron chi connectivity index (χ0n) is 33.1. The molecule has 2 unspecified atom stereocenters. The Morgan fingerprint density at radius 3 is 2.28 bits per heavy atom. The third-order valence-electron chi connectivity index (χ3n) is 14.0. The summed E-state index contributed by atoms with van der Waals surface area (Å²) in [5, 5.41) is 3.99. The summed E-state index contributed by atoms with van der Waals surface area (Å²) in [6.07, 6.45) is 26.7. The van der Waals surface area contributed by atoms with E-state index in [0.717, 1.165) is 38.5 Å². The number of aromatic nitrogens is 2. The standard InChI is InChI=1S/C55H47N3/c1-36-42(32-34-53-54(36)44-20-9-12-23-48(44)57(53)41-30-27-38(28-31-41)37-15-4-2-5-16-37)39-29-33-50-46(35-39)43-19-8-11-22-47(43)58(50)52-26-14-25-51-55(52)45-21-10-13-24-49(45)56(51)40-17-6-3-7-18-40/h2-4,6-9,11-15,17-20,22-27,29-30,32-33,35-36,53-54H,5,10,16,21,28,31,34H2,1H3/t36-,53?,54?/m0/s1. The molecule has 5 aromatic carbocycles. The van der Waals surface area contributed by atoms with Crippen LogP contribution in [0.4, 0.5) is 5.69 Å².